The molecule has 5 heteroatoms. The average Bonchev–Trinajstić information content (AvgIpc) is 2.41. The van der Waals surface area contributed by atoms with Gasteiger partial charge in [0.05, 0.1) is 17.2 Å². The molecule has 0 spiro atoms. The highest BCUT2D eigenvalue weighted by Gasteiger charge is 2.08. The summed E-state index contributed by atoms with van der Waals surface area (Å²) in [7, 11) is 0. The minimum Gasteiger partial charge on any atom is -0.478 e. The third kappa shape index (κ3) is 2.82. The van der Waals surface area contributed by atoms with Gasteiger partial charge in [-0.2, -0.15) is 5.26 Å². The highest BCUT2D eigenvalue weighted by atomic mass is 16.4. The first-order valence-electron chi connectivity index (χ1n) is 5.50. The summed E-state index contributed by atoms with van der Waals surface area (Å²) in [5, 5.41) is 20.7. The second-order valence-electron chi connectivity index (χ2n) is 3.92. The summed E-state index contributed by atoms with van der Waals surface area (Å²) in [6.45, 7) is 0. The van der Waals surface area contributed by atoms with Gasteiger partial charge in [-0.15, -0.1) is 0 Å². The van der Waals surface area contributed by atoms with Crippen LogP contribution in [-0.4, -0.2) is 11.1 Å². The summed E-state index contributed by atoms with van der Waals surface area (Å²) >= 11 is 0. The zero-order valence-electron chi connectivity index (χ0n) is 9.92. The first-order valence-corrected chi connectivity index (χ1v) is 5.50. The van der Waals surface area contributed by atoms with Gasteiger partial charge in [-0.3, -0.25) is 0 Å². The Morgan fingerprint density at radius 1 is 1.16 bits per heavy atom. The van der Waals surface area contributed by atoms with Crippen LogP contribution in [0, 0.1) is 11.3 Å². The third-order valence-corrected chi connectivity index (χ3v) is 2.59. The van der Waals surface area contributed by atoms with Gasteiger partial charge in [0.2, 0.25) is 0 Å². The van der Waals surface area contributed by atoms with Crippen molar-refractivity contribution in [2.45, 2.75) is 0 Å². The molecule has 0 aliphatic rings. The molecule has 0 radical (unpaired) electrons. The molecular formula is C14H11N3O2. The Bertz CT molecular complexity index is 657. The zero-order chi connectivity index (χ0) is 13.8. The van der Waals surface area contributed by atoms with Crippen molar-refractivity contribution in [1.82, 2.24) is 0 Å². The summed E-state index contributed by atoms with van der Waals surface area (Å²) in [4.78, 5) is 11.0. The van der Waals surface area contributed by atoms with E-state index in [1.807, 2.05) is 6.07 Å². The van der Waals surface area contributed by atoms with Crippen molar-refractivity contribution in [3.05, 3.63) is 53.6 Å². The van der Waals surface area contributed by atoms with Crippen LogP contribution >= 0.6 is 0 Å². The molecule has 19 heavy (non-hydrogen) atoms. The van der Waals surface area contributed by atoms with Crippen LogP contribution in [0.4, 0.5) is 17.1 Å². The van der Waals surface area contributed by atoms with Gasteiger partial charge in [0.15, 0.2) is 0 Å². The number of benzene rings is 2. The Morgan fingerprint density at radius 3 is 2.37 bits per heavy atom. The van der Waals surface area contributed by atoms with E-state index >= 15 is 0 Å². The van der Waals surface area contributed by atoms with E-state index in [9.17, 15) is 4.79 Å². The van der Waals surface area contributed by atoms with E-state index in [2.05, 4.69) is 5.32 Å². The lowest BCUT2D eigenvalue weighted by molar-refractivity contribution is 0.0698. The van der Waals surface area contributed by atoms with E-state index in [-0.39, 0.29) is 11.3 Å². The molecule has 94 valence electrons. The monoisotopic (exact) mass is 253 g/mol. The lowest BCUT2D eigenvalue weighted by atomic mass is 10.1. The molecule has 0 atom stereocenters. The average molecular weight is 253 g/mol. The number of aromatic carboxylic acids is 1. The van der Waals surface area contributed by atoms with E-state index in [1.165, 1.54) is 12.1 Å². The maximum absolute atomic E-state index is 11.0. The van der Waals surface area contributed by atoms with Gasteiger partial charge in [0, 0.05) is 17.1 Å². The number of rotatable bonds is 3. The van der Waals surface area contributed by atoms with Crippen LogP contribution in [0.2, 0.25) is 0 Å². The normalized spacial score (nSPS) is 9.63. The Labute approximate surface area is 109 Å². The van der Waals surface area contributed by atoms with E-state index in [0.29, 0.717) is 11.3 Å². The van der Waals surface area contributed by atoms with E-state index in [1.54, 1.807) is 30.3 Å². The number of hydrogen-bond acceptors (Lipinski definition) is 4. The first kappa shape index (κ1) is 12.5. The molecule has 0 aliphatic heterocycles. The van der Waals surface area contributed by atoms with Gasteiger partial charge in [0.1, 0.15) is 0 Å². The minimum absolute atomic E-state index is 0.0543. The fourth-order valence-electron chi connectivity index (χ4n) is 1.61. The molecule has 5 nitrogen and oxygen atoms in total. The summed E-state index contributed by atoms with van der Waals surface area (Å²) in [6.07, 6.45) is 0. The van der Waals surface area contributed by atoms with Crippen molar-refractivity contribution >= 4 is 23.0 Å². The molecule has 0 saturated heterocycles. The van der Waals surface area contributed by atoms with Gasteiger partial charge >= 0.3 is 5.97 Å². The summed E-state index contributed by atoms with van der Waals surface area (Å²) < 4.78 is 0. The standard InChI is InChI=1S/C14H11N3O2/c15-8-9-1-3-10(4-2-9)17-11-5-6-13(16)12(7-11)14(18)19/h1-7,17H,16H2,(H,18,19). The molecule has 0 aliphatic carbocycles. The van der Waals surface area contributed by atoms with Crippen LogP contribution in [-0.2, 0) is 0 Å². The number of carbonyl (C=O) groups is 1. The molecule has 0 amide bonds. The number of nitriles is 1. The van der Waals surface area contributed by atoms with Crippen molar-refractivity contribution < 1.29 is 9.90 Å². The lowest BCUT2D eigenvalue weighted by Gasteiger charge is -2.08. The van der Waals surface area contributed by atoms with Crippen LogP contribution in [0.25, 0.3) is 0 Å². The molecule has 0 heterocycles. The van der Waals surface area contributed by atoms with Crippen LogP contribution in [0.3, 0.4) is 0 Å². The molecule has 0 fully saturated rings. The Morgan fingerprint density at radius 2 is 1.79 bits per heavy atom. The zero-order valence-corrected chi connectivity index (χ0v) is 9.92. The Balaban J connectivity index is 2.25. The predicted octanol–water partition coefficient (Wildman–Crippen LogP) is 2.58. The molecule has 0 bridgehead atoms. The van der Waals surface area contributed by atoms with Gasteiger partial charge in [0.25, 0.3) is 0 Å². The SMILES string of the molecule is N#Cc1ccc(Nc2ccc(N)c(C(=O)O)c2)cc1. The molecular weight excluding hydrogens is 242 g/mol. The predicted molar refractivity (Wildman–Crippen MR) is 72.3 cm³/mol. The van der Waals surface area contributed by atoms with E-state index in [0.717, 1.165) is 5.69 Å². The third-order valence-electron chi connectivity index (χ3n) is 2.59. The smallest absolute Gasteiger partial charge is 0.337 e. The Kier molecular flexibility index (Phi) is 3.35. The molecule has 0 unspecified atom stereocenters. The van der Waals surface area contributed by atoms with Crippen molar-refractivity contribution in [2.24, 2.45) is 0 Å². The van der Waals surface area contributed by atoms with Gasteiger partial charge < -0.3 is 16.2 Å². The van der Waals surface area contributed by atoms with Crippen molar-refractivity contribution in [3.8, 4) is 6.07 Å². The summed E-state index contributed by atoms with van der Waals surface area (Å²) in [5.74, 6) is -1.07. The molecule has 2 aromatic rings. The fourth-order valence-corrected chi connectivity index (χ4v) is 1.61. The van der Waals surface area contributed by atoms with Crippen molar-refractivity contribution in [2.75, 3.05) is 11.1 Å². The maximum atomic E-state index is 11.0. The Hall–Kier alpha value is -3.00. The highest BCUT2D eigenvalue weighted by molar-refractivity contribution is 5.95. The van der Waals surface area contributed by atoms with Crippen LogP contribution < -0.4 is 11.1 Å². The maximum Gasteiger partial charge on any atom is 0.337 e. The highest BCUT2D eigenvalue weighted by Crippen LogP contribution is 2.21. The second-order valence-corrected chi connectivity index (χ2v) is 3.92. The van der Waals surface area contributed by atoms with Gasteiger partial charge in [-0.05, 0) is 42.5 Å². The van der Waals surface area contributed by atoms with Gasteiger partial charge in [-0.25, -0.2) is 4.79 Å². The number of carboxylic acids is 1. The quantitative estimate of drug-likeness (QED) is 0.730. The number of nitrogens with two attached hydrogens (primary N) is 1. The largest absolute Gasteiger partial charge is 0.478 e. The minimum atomic E-state index is -1.07. The van der Waals surface area contributed by atoms with E-state index in [4.69, 9.17) is 16.1 Å². The topological polar surface area (TPSA) is 99.1 Å². The molecule has 2 aromatic carbocycles. The number of nitrogen functional groups attached to an aromatic ring is 1. The second kappa shape index (κ2) is 5.10. The number of hydrogen-bond donors (Lipinski definition) is 3. The summed E-state index contributed by atoms with van der Waals surface area (Å²) in [6, 6.07) is 13.6. The fraction of sp³-hybridized carbons (Fsp3) is 0. The van der Waals surface area contributed by atoms with Crippen molar-refractivity contribution in [3.63, 3.8) is 0 Å². The van der Waals surface area contributed by atoms with Crippen LogP contribution in [0.15, 0.2) is 42.5 Å². The van der Waals surface area contributed by atoms with Crippen LogP contribution in [0.1, 0.15) is 15.9 Å². The molecule has 0 saturated carbocycles. The van der Waals surface area contributed by atoms with E-state index < -0.39 is 5.97 Å². The molecule has 0 aromatic heterocycles. The van der Waals surface area contributed by atoms with Gasteiger partial charge in [-0.1, -0.05) is 0 Å². The number of anilines is 3. The summed E-state index contributed by atoms with van der Waals surface area (Å²) in [5.41, 5.74) is 7.80. The number of carboxylic acid groups (broad SMARTS) is 1. The molecule has 4 N–H and O–H groups in total. The number of nitrogens with zero attached hydrogens (tertiary/aromatic N) is 1. The lowest BCUT2D eigenvalue weighted by Crippen LogP contribution is -2.03. The number of nitrogens with one attached hydrogen (secondary N) is 1. The van der Waals surface area contributed by atoms with Crippen molar-refractivity contribution in [1.29, 1.82) is 5.26 Å². The molecule has 2 rings (SSSR count). The first-order chi connectivity index (χ1) is 9.10. The van der Waals surface area contributed by atoms with Crippen LogP contribution in [0.5, 0.6) is 0 Å².